The first-order chi connectivity index (χ1) is 28.4. The molecule has 0 amide bonds. The summed E-state index contributed by atoms with van der Waals surface area (Å²) in [6.07, 6.45) is 1.87. The standard InChI is InChI=1S/C49H50O9/c1-51-44-27-23-38(46(53-3)48(44)55-5)40-29-33(19-25-42(40)57-31-35-13-9-7-10-14-35)17-21-37(50)22-18-34-20-26-43(58-32-36-15-11-8-12-16-36)41(30-34)39-24-28-45(52-2)49(56-6)47(39)54-4/h7-16,19-20,23-30H,17-18,21-22,31-32H2,1-6H3. The number of hydrogen-bond donors (Lipinski definition) is 0. The van der Waals surface area contributed by atoms with E-state index in [4.69, 9.17) is 37.9 Å². The molecule has 0 N–H and O–H groups in total. The van der Waals surface area contributed by atoms with Gasteiger partial charge in [0.05, 0.1) is 42.7 Å². The SMILES string of the molecule is COc1ccc(-c2cc(CCC(=O)CCc3ccc(OCc4ccccc4)c(-c4ccc(OC)c(OC)c4OC)c3)ccc2OCc2ccccc2)c(OC)c1OC. The van der Waals surface area contributed by atoms with Crippen LogP contribution in [0.2, 0.25) is 0 Å². The second kappa shape index (κ2) is 20.0. The lowest BCUT2D eigenvalue weighted by Crippen LogP contribution is -2.04. The second-order valence-electron chi connectivity index (χ2n) is 13.5. The fourth-order valence-corrected chi connectivity index (χ4v) is 6.93. The topological polar surface area (TPSA) is 90.9 Å². The molecule has 6 aromatic rings. The summed E-state index contributed by atoms with van der Waals surface area (Å²) < 4.78 is 47.0. The van der Waals surface area contributed by atoms with Gasteiger partial charge in [-0.15, -0.1) is 0 Å². The van der Waals surface area contributed by atoms with Crippen molar-refractivity contribution in [3.63, 3.8) is 0 Å². The van der Waals surface area contributed by atoms with Crippen molar-refractivity contribution >= 4 is 5.78 Å². The van der Waals surface area contributed by atoms with Crippen LogP contribution in [0, 0.1) is 0 Å². The van der Waals surface area contributed by atoms with Gasteiger partial charge in [0.15, 0.2) is 23.0 Å². The lowest BCUT2D eigenvalue weighted by atomic mass is 9.96. The van der Waals surface area contributed by atoms with Crippen LogP contribution in [0.4, 0.5) is 0 Å². The Morgan fingerprint density at radius 1 is 0.379 bits per heavy atom. The maximum Gasteiger partial charge on any atom is 0.203 e. The highest BCUT2D eigenvalue weighted by Crippen LogP contribution is 2.48. The number of ketones is 1. The van der Waals surface area contributed by atoms with E-state index in [0.29, 0.717) is 84.9 Å². The molecule has 6 aromatic carbocycles. The molecule has 0 aliphatic carbocycles. The molecule has 0 heterocycles. The van der Waals surface area contributed by atoms with Crippen molar-refractivity contribution in [2.24, 2.45) is 0 Å². The molecule has 0 aliphatic heterocycles. The number of benzene rings is 6. The number of ether oxygens (including phenoxy) is 8. The molecule has 9 nitrogen and oxygen atoms in total. The number of rotatable bonds is 20. The van der Waals surface area contributed by atoms with Crippen molar-refractivity contribution in [3.8, 4) is 68.2 Å². The smallest absolute Gasteiger partial charge is 0.203 e. The first kappa shape index (κ1) is 41.0. The van der Waals surface area contributed by atoms with Crippen molar-refractivity contribution in [1.29, 1.82) is 0 Å². The Morgan fingerprint density at radius 2 is 0.759 bits per heavy atom. The van der Waals surface area contributed by atoms with Crippen LogP contribution in [0.25, 0.3) is 22.3 Å². The van der Waals surface area contributed by atoms with E-state index in [2.05, 4.69) is 12.1 Å². The first-order valence-corrected chi connectivity index (χ1v) is 19.1. The highest BCUT2D eigenvalue weighted by molar-refractivity contribution is 5.83. The number of methoxy groups -OCH3 is 6. The fraction of sp³-hybridized carbons (Fsp3) is 0.245. The van der Waals surface area contributed by atoms with Gasteiger partial charge in [-0.25, -0.2) is 0 Å². The van der Waals surface area contributed by atoms with E-state index in [0.717, 1.165) is 44.5 Å². The summed E-state index contributed by atoms with van der Waals surface area (Å²) in [7, 11) is 9.56. The molecule has 0 saturated carbocycles. The lowest BCUT2D eigenvalue weighted by Gasteiger charge is -2.19. The van der Waals surface area contributed by atoms with Crippen molar-refractivity contribution < 1.29 is 42.7 Å². The van der Waals surface area contributed by atoms with Crippen LogP contribution < -0.4 is 37.9 Å². The average molecular weight is 783 g/mol. The minimum atomic E-state index is 0.157. The lowest BCUT2D eigenvalue weighted by molar-refractivity contribution is -0.119. The van der Waals surface area contributed by atoms with Crippen LogP contribution in [-0.4, -0.2) is 48.4 Å². The number of aryl methyl sites for hydroxylation is 2. The van der Waals surface area contributed by atoms with Gasteiger partial charge < -0.3 is 37.9 Å². The molecule has 0 aliphatic rings. The van der Waals surface area contributed by atoms with E-state index < -0.39 is 0 Å². The van der Waals surface area contributed by atoms with Gasteiger partial charge in [0.1, 0.15) is 30.5 Å². The molecule has 9 heteroatoms. The third kappa shape index (κ3) is 9.66. The van der Waals surface area contributed by atoms with Crippen LogP contribution in [0.3, 0.4) is 0 Å². The van der Waals surface area contributed by atoms with Crippen LogP contribution in [0.1, 0.15) is 35.1 Å². The maximum absolute atomic E-state index is 13.5. The highest BCUT2D eigenvalue weighted by atomic mass is 16.5. The third-order valence-corrected chi connectivity index (χ3v) is 9.94. The first-order valence-electron chi connectivity index (χ1n) is 19.1. The summed E-state index contributed by atoms with van der Waals surface area (Å²) in [6.45, 7) is 0.782. The molecular formula is C49H50O9. The Balaban J connectivity index is 1.22. The average Bonchev–Trinajstić information content (AvgIpc) is 3.28. The number of Topliss-reactive ketones (excluding diaryl/α,β-unsaturated/α-hetero) is 1. The van der Waals surface area contributed by atoms with E-state index in [1.165, 1.54) is 0 Å². The van der Waals surface area contributed by atoms with Gasteiger partial charge in [-0.1, -0.05) is 72.8 Å². The van der Waals surface area contributed by atoms with E-state index >= 15 is 0 Å². The molecule has 300 valence electrons. The molecule has 0 unspecified atom stereocenters. The Bertz CT molecular complexity index is 2130. The quantitative estimate of drug-likeness (QED) is 0.0751. The minimum Gasteiger partial charge on any atom is -0.493 e. The van der Waals surface area contributed by atoms with Gasteiger partial charge in [0.2, 0.25) is 11.5 Å². The Morgan fingerprint density at radius 3 is 1.12 bits per heavy atom. The van der Waals surface area contributed by atoms with Crippen LogP contribution in [0.5, 0.6) is 46.0 Å². The zero-order valence-electron chi connectivity index (χ0n) is 34.0. The summed E-state index contributed by atoms with van der Waals surface area (Å²) in [5.41, 5.74) is 7.31. The van der Waals surface area contributed by atoms with Crippen molar-refractivity contribution in [1.82, 2.24) is 0 Å². The molecular weight excluding hydrogens is 733 g/mol. The normalized spacial score (nSPS) is 10.7. The van der Waals surface area contributed by atoms with Gasteiger partial charge in [0, 0.05) is 35.1 Å². The predicted molar refractivity (Wildman–Crippen MR) is 226 cm³/mol. The van der Waals surface area contributed by atoms with Crippen molar-refractivity contribution in [3.05, 3.63) is 144 Å². The molecule has 0 saturated heterocycles. The van der Waals surface area contributed by atoms with Gasteiger partial charge in [-0.3, -0.25) is 4.79 Å². The summed E-state index contributed by atoms with van der Waals surface area (Å²) >= 11 is 0. The second-order valence-corrected chi connectivity index (χ2v) is 13.5. The highest BCUT2D eigenvalue weighted by Gasteiger charge is 2.22. The van der Waals surface area contributed by atoms with Crippen molar-refractivity contribution in [2.45, 2.75) is 38.9 Å². The molecule has 0 aromatic heterocycles. The number of hydrogen-bond acceptors (Lipinski definition) is 9. The zero-order valence-corrected chi connectivity index (χ0v) is 34.0. The largest absolute Gasteiger partial charge is 0.493 e. The van der Waals surface area contributed by atoms with Gasteiger partial charge in [0.25, 0.3) is 0 Å². The summed E-state index contributed by atoms with van der Waals surface area (Å²) in [6, 6.07) is 39.7. The van der Waals surface area contributed by atoms with Crippen molar-refractivity contribution in [2.75, 3.05) is 42.7 Å². The molecule has 0 atom stereocenters. The molecule has 58 heavy (non-hydrogen) atoms. The van der Waals surface area contributed by atoms with E-state index in [-0.39, 0.29) is 5.78 Å². The molecule has 0 fully saturated rings. The van der Waals surface area contributed by atoms with Crippen LogP contribution in [0.15, 0.2) is 121 Å². The van der Waals surface area contributed by atoms with Crippen LogP contribution in [-0.2, 0) is 30.8 Å². The Labute approximate surface area is 341 Å². The monoisotopic (exact) mass is 782 g/mol. The third-order valence-electron chi connectivity index (χ3n) is 9.94. The molecule has 6 rings (SSSR count). The molecule has 0 radical (unpaired) electrons. The Hall–Kier alpha value is -6.61. The van der Waals surface area contributed by atoms with Crippen LogP contribution >= 0.6 is 0 Å². The van der Waals surface area contributed by atoms with E-state index in [1.54, 1.807) is 42.7 Å². The number of carbonyl (C=O) groups is 1. The summed E-state index contributed by atoms with van der Waals surface area (Å²) in [4.78, 5) is 13.5. The predicted octanol–water partition coefficient (Wildman–Crippen LogP) is 10.4. The minimum absolute atomic E-state index is 0.157. The van der Waals surface area contributed by atoms with E-state index in [9.17, 15) is 4.79 Å². The zero-order chi connectivity index (χ0) is 40.9. The summed E-state index contributed by atoms with van der Waals surface area (Å²) in [5, 5.41) is 0. The molecule has 0 bridgehead atoms. The Kier molecular flexibility index (Phi) is 14.2. The maximum atomic E-state index is 13.5. The summed E-state index contributed by atoms with van der Waals surface area (Å²) in [5.74, 6) is 4.67. The molecule has 0 spiro atoms. The van der Waals surface area contributed by atoms with Gasteiger partial charge in [-0.2, -0.15) is 0 Å². The van der Waals surface area contributed by atoms with E-state index in [1.807, 2.05) is 109 Å². The number of carbonyl (C=O) groups excluding carboxylic acids is 1. The van der Waals surface area contributed by atoms with Gasteiger partial charge >= 0.3 is 0 Å². The van der Waals surface area contributed by atoms with Gasteiger partial charge in [-0.05, 0) is 83.6 Å². The fourth-order valence-electron chi connectivity index (χ4n) is 6.93.